The van der Waals surface area contributed by atoms with Crippen molar-refractivity contribution in [3.8, 4) is 0 Å². The molecule has 0 aliphatic carbocycles. The molecule has 2 unspecified atom stereocenters. The molecule has 2 saturated heterocycles. The summed E-state index contributed by atoms with van der Waals surface area (Å²) in [7, 11) is 0. The Morgan fingerprint density at radius 1 is 1.28 bits per heavy atom. The summed E-state index contributed by atoms with van der Waals surface area (Å²) in [5, 5.41) is 6.18. The Kier molecular flexibility index (Phi) is 10.7. The largest absolute Gasteiger partial charge is 0.357 e. The van der Waals surface area contributed by atoms with Gasteiger partial charge in [0.2, 0.25) is 0 Å². The molecule has 9 heteroatoms. The molecule has 0 spiro atoms. The minimum Gasteiger partial charge on any atom is -0.357 e. The molecule has 29 heavy (non-hydrogen) atoms. The Labute approximate surface area is 192 Å². The highest BCUT2D eigenvalue weighted by Gasteiger charge is 2.45. The lowest BCUT2D eigenvalue weighted by atomic mass is 9.99. The van der Waals surface area contributed by atoms with Gasteiger partial charge in [-0.2, -0.15) is 0 Å². The minimum atomic E-state index is -0.760. The van der Waals surface area contributed by atoms with Crippen LogP contribution in [0.5, 0.6) is 0 Å². The van der Waals surface area contributed by atoms with Crippen LogP contribution in [-0.2, 0) is 4.79 Å². The van der Waals surface area contributed by atoms with Gasteiger partial charge in [0, 0.05) is 38.8 Å². The van der Waals surface area contributed by atoms with Crippen molar-refractivity contribution in [2.75, 3.05) is 45.8 Å². The van der Waals surface area contributed by atoms with Gasteiger partial charge in [-0.25, -0.2) is 4.79 Å². The molecule has 8 nitrogen and oxygen atoms in total. The van der Waals surface area contributed by atoms with Crippen LogP contribution in [0.15, 0.2) is 4.99 Å². The van der Waals surface area contributed by atoms with Crippen LogP contribution in [0.2, 0.25) is 0 Å². The summed E-state index contributed by atoms with van der Waals surface area (Å²) in [4.78, 5) is 35.5. The number of urea groups is 1. The first-order valence-electron chi connectivity index (χ1n) is 10.8. The smallest absolute Gasteiger partial charge is 0.325 e. The number of rotatable bonds is 9. The van der Waals surface area contributed by atoms with Gasteiger partial charge in [0.05, 0.1) is 0 Å². The lowest BCUT2D eigenvalue weighted by Gasteiger charge is -2.27. The summed E-state index contributed by atoms with van der Waals surface area (Å²) in [6, 6.07) is 0.295. The summed E-state index contributed by atoms with van der Waals surface area (Å²) in [5.41, 5.74) is -0.760. The lowest BCUT2D eigenvalue weighted by Crippen LogP contribution is -2.43. The van der Waals surface area contributed by atoms with Crippen LogP contribution in [0.4, 0.5) is 4.79 Å². The van der Waals surface area contributed by atoms with Gasteiger partial charge < -0.3 is 15.5 Å². The fraction of sp³-hybridized carbons (Fsp3) is 0.850. The Hall–Kier alpha value is -1.10. The second kappa shape index (κ2) is 11.9. The van der Waals surface area contributed by atoms with Crippen molar-refractivity contribution >= 4 is 41.9 Å². The molecule has 2 heterocycles. The molecular weight excluding hydrogens is 483 g/mol. The maximum Gasteiger partial charge on any atom is 0.325 e. The van der Waals surface area contributed by atoms with E-state index in [1.165, 1.54) is 4.90 Å². The Morgan fingerprint density at radius 2 is 1.97 bits per heavy atom. The summed E-state index contributed by atoms with van der Waals surface area (Å²) < 4.78 is 0. The highest BCUT2D eigenvalue weighted by Crippen LogP contribution is 2.21. The number of hydrogen-bond donors (Lipinski definition) is 2. The number of nitrogens with one attached hydrogen (secondary N) is 2. The standard InChI is InChI=1S/C20H38N6O2.HI/c1-6-20(5)17(27)26(19(28)23-20)13-10-12-22-18(21-7-2)25-14-11-16(15-25)24(8-3)9-4;/h16H,6-15H2,1-5H3,(H,21,22)(H,23,28);1H. The zero-order chi connectivity index (χ0) is 20.7. The number of carbonyl (C=O) groups is 2. The molecule has 2 aliphatic rings. The number of imide groups is 1. The van der Waals surface area contributed by atoms with Crippen molar-refractivity contribution in [2.24, 2.45) is 4.99 Å². The van der Waals surface area contributed by atoms with Gasteiger partial charge in [-0.05, 0) is 46.2 Å². The maximum atomic E-state index is 12.4. The highest BCUT2D eigenvalue weighted by molar-refractivity contribution is 14.0. The molecule has 2 atom stereocenters. The summed E-state index contributed by atoms with van der Waals surface area (Å²) in [5.74, 6) is 0.810. The number of likely N-dealkylation sites (tertiary alicyclic amines) is 1. The van der Waals surface area contributed by atoms with Crippen molar-refractivity contribution in [1.82, 2.24) is 25.3 Å². The third-order valence-corrected chi connectivity index (χ3v) is 5.98. The molecular formula is C20H39IN6O2. The summed E-state index contributed by atoms with van der Waals surface area (Å²) in [6.45, 7) is 16.2. The summed E-state index contributed by atoms with van der Waals surface area (Å²) >= 11 is 0. The van der Waals surface area contributed by atoms with E-state index in [4.69, 9.17) is 4.99 Å². The Morgan fingerprint density at radius 3 is 2.52 bits per heavy atom. The van der Waals surface area contributed by atoms with Crippen molar-refractivity contribution in [3.63, 3.8) is 0 Å². The number of carbonyl (C=O) groups excluding carboxylic acids is 2. The van der Waals surface area contributed by atoms with Gasteiger partial charge in [-0.3, -0.25) is 19.6 Å². The SMILES string of the molecule is CCNC(=NCCCN1C(=O)NC(C)(CC)C1=O)N1CCC(N(CC)CC)C1.I. The van der Waals surface area contributed by atoms with Crippen LogP contribution in [0.3, 0.4) is 0 Å². The van der Waals surface area contributed by atoms with Crippen LogP contribution in [0.1, 0.15) is 53.9 Å². The molecule has 2 aliphatic heterocycles. The number of hydrogen-bond acceptors (Lipinski definition) is 4. The molecule has 0 saturated carbocycles. The second-order valence-corrected chi connectivity index (χ2v) is 7.77. The fourth-order valence-corrected chi connectivity index (χ4v) is 4.00. The number of halogens is 1. The van der Waals surface area contributed by atoms with E-state index < -0.39 is 5.54 Å². The molecule has 0 aromatic carbocycles. The monoisotopic (exact) mass is 522 g/mol. The maximum absolute atomic E-state index is 12.4. The Bertz CT molecular complexity index is 583. The van der Waals surface area contributed by atoms with Gasteiger partial charge in [-0.1, -0.05) is 20.8 Å². The van der Waals surface area contributed by atoms with Gasteiger partial charge >= 0.3 is 6.03 Å². The average molecular weight is 522 g/mol. The number of likely N-dealkylation sites (N-methyl/N-ethyl adjacent to an activating group) is 1. The highest BCUT2D eigenvalue weighted by atomic mass is 127. The normalized spacial score (nSPS) is 24.9. The molecule has 3 amide bonds. The molecule has 0 radical (unpaired) electrons. The summed E-state index contributed by atoms with van der Waals surface area (Å²) in [6.07, 6.45) is 2.42. The van der Waals surface area contributed by atoms with Crippen LogP contribution in [0, 0.1) is 0 Å². The van der Waals surface area contributed by atoms with E-state index in [2.05, 4.69) is 41.2 Å². The van der Waals surface area contributed by atoms with Crippen molar-refractivity contribution in [1.29, 1.82) is 0 Å². The molecule has 0 aromatic rings. The van der Waals surface area contributed by atoms with Gasteiger partial charge in [-0.15, -0.1) is 24.0 Å². The van der Waals surface area contributed by atoms with Crippen molar-refractivity contribution in [3.05, 3.63) is 0 Å². The third-order valence-electron chi connectivity index (χ3n) is 5.98. The molecule has 168 valence electrons. The van der Waals surface area contributed by atoms with E-state index in [0.717, 1.165) is 45.1 Å². The van der Waals surface area contributed by atoms with E-state index in [0.29, 0.717) is 32.0 Å². The van der Waals surface area contributed by atoms with Crippen molar-refractivity contribution in [2.45, 2.75) is 65.5 Å². The zero-order valence-electron chi connectivity index (χ0n) is 18.7. The third kappa shape index (κ3) is 6.19. The van der Waals surface area contributed by atoms with Crippen molar-refractivity contribution < 1.29 is 9.59 Å². The van der Waals surface area contributed by atoms with Gasteiger partial charge in [0.25, 0.3) is 5.91 Å². The molecule has 2 N–H and O–H groups in total. The van der Waals surface area contributed by atoms with Crippen LogP contribution in [-0.4, -0.2) is 90.0 Å². The average Bonchev–Trinajstić information content (AvgIpc) is 3.24. The van der Waals surface area contributed by atoms with E-state index in [1.807, 2.05) is 6.92 Å². The quantitative estimate of drug-likeness (QED) is 0.160. The van der Waals surface area contributed by atoms with Gasteiger partial charge in [0.1, 0.15) is 5.54 Å². The molecule has 0 aromatic heterocycles. The van der Waals surface area contributed by atoms with Crippen LogP contribution < -0.4 is 10.6 Å². The van der Waals surface area contributed by atoms with E-state index in [9.17, 15) is 9.59 Å². The molecule has 2 fully saturated rings. The number of amides is 3. The Balaban J connectivity index is 0.00000420. The predicted octanol–water partition coefficient (Wildman–Crippen LogP) is 2.10. The van der Waals surface area contributed by atoms with Crippen LogP contribution >= 0.6 is 24.0 Å². The fourth-order valence-electron chi connectivity index (χ4n) is 4.00. The first-order valence-corrected chi connectivity index (χ1v) is 10.8. The van der Waals surface area contributed by atoms with Gasteiger partial charge in [0.15, 0.2) is 5.96 Å². The number of aliphatic imine (C=N–C) groups is 1. The first kappa shape index (κ1) is 25.9. The van der Waals surface area contributed by atoms with E-state index in [-0.39, 0.29) is 35.9 Å². The van der Waals surface area contributed by atoms with Crippen LogP contribution in [0.25, 0.3) is 0 Å². The topological polar surface area (TPSA) is 80.3 Å². The lowest BCUT2D eigenvalue weighted by molar-refractivity contribution is -0.130. The molecule has 0 bridgehead atoms. The minimum absolute atomic E-state index is 0. The van der Waals surface area contributed by atoms with E-state index in [1.54, 1.807) is 6.92 Å². The number of nitrogens with zero attached hydrogens (tertiary/aromatic N) is 4. The predicted molar refractivity (Wildman–Crippen MR) is 128 cm³/mol. The molecule has 2 rings (SSSR count). The van der Waals surface area contributed by atoms with E-state index >= 15 is 0 Å². The number of guanidine groups is 1. The zero-order valence-corrected chi connectivity index (χ0v) is 21.0. The first-order chi connectivity index (χ1) is 13.4. The second-order valence-electron chi connectivity index (χ2n) is 7.77.